The van der Waals surface area contributed by atoms with Crippen LogP contribution in [0.2, 0.25) is 0 Å². The smallest absolute Gasteiger partial charge is 0.395 e. The van der Waals surface area contributed by atoms with Crippen molar-refractivity contribution < 1.29 is 29.7 Å². The maximum atomic E-state index is 12.5. The second-order valence-corrected chi connectivity index (χ2v) is 5.78. The van der Waals surface area contributed by atoms with E-state index >= 15 is 0 Å². The van der Waals surface area contributed by atoms with Crippen molar-refractivity contribution in [3.63, 3.8) is 0 Å². The van der Waals surface area contributed by atoms with Crippen molar-refractivity contribution in [3.05, 3.63) is 65.7 Å². The van der Waals surface area contributed by atoms with Crippen molar-refractivity contribution in [3.8, 4) is 11.8 Å². The number of hydrogen-bond acceptors (Lipinski definition) is 5. The van der Waals surface area contributed by atoms with Gasteiger partial charge in [-0.15, -0.1) is 0 Å². The second kappa shape index (κ2) is 7.09. The number of carboxylic acids is 2. The average Bonchev–Trinajstić information content (AvgIpc) is 2.68. The lowest BCUT2D eigenvalue weighted by molar-refractivity contribution is -0.148. The van der Waals surface area contributed by atoms with Gasteiger partial charge in [0.1, 0.15) is 5.75 Å². The summed E-state index contributed by atoms with van der Waals surface area (Å²) in [6.45, 7) is 0. The first kappa shape index (κ1) is 18.4. The quantitative estimate of drug-likeness (QED) is 0.597. The number of carboxylic acid groups (broad SMARTS) is 2. The van der Waals surface area contributed by atoms with Crippen molar-refractivity contribution in [1.82, 2.24) is 0 Å². The molecule has 0 unspecified atom stereocenters. The molecule has 0 saturated carbocycles. The lowest BCUT2D eigenvalue weighted by Gasteiger charge is -2.24. The van der Waals surface area contributed by atoms with Gasteiger partial charge in [0.15, 0.2) is 0 Å². The molecule has 3 aromatic carbocycles. The van der Waals surface area contributed by atoms with E-state index in [1.807, 2.05) is 6.07 Å². The Bertz CT molecular complexity index is 1180. The number of phenols is 1. The molecule has 0 heterocycles. The number of rotatable bonds is 3. The van der Waals surface area contributed by atoms with E-state index in [4.69, 9.17) is 5.26 Å². The van der Waals surface area contributed by atoms with Gasteiger partial charge >= 0.3 is 17.8 Å². The molecule has 8 nitrogen and oxygen atoms in total. The number of fused-ring (bicyclic) bond motifs is 1. The van der Waals surface area contributed by atoms with E-state index < -0.39 is 17.8 Å². The van der Waals surface area contributed by atoms with Gasteiger partial charge in [-0.1, -0.05) is 18.2 Å². The monoisotopic (exact) mass is 376 g/mol. The van der Waals surface area contributed by atoms with Gasteiger partial charge in [0.2, 0.25) is 0 Å². The number of hydrogen-bond donors (Lipinski definition) is 3. The molecule has 0 spiro atoms. The normalized spacial score (nSPS) is 10.2. The molecule has 0 aliphatic rings. The number of nitrogens with zero attached hydrogens (tertiary/aromatic N) is 2. The minimum atomic E-state index is -1.81. The number of carbonyl (C=O) groups excluding carboxylic acids is 1. The van der Waals surface area contributed by atoms with Gasteiger partial charge in [-0.3, -0.25) is 9.69 Å². The van der Waals surface area contributed by atoms with E-state index in [0.717, 1.165) is 12.1 Å². The number of amides is 1. The van der Waals surface area contributed by atoms with Gasteiger partial charge < -0.3 is 15.3 Å². The predicted molar refractivity (Wildman–Crippen MR) is 98.5 cm³/mol. The zero-order chi connectivity index (χ0) is 20.4. The molecule has 8 heteroatoms. The topological polar surface area (TPSA) is 139 Å². The van der Waals surface area contributed by atoms with Gasteiger partial charge in [0, 0.05) is 5.39 Å². The van der Waals surface area contributed by atoms with Crippen LogP contribution < -0.4 is 4.90 Å². The number of anilines is 2. The molecule has 138 valence electrons. The number of benzene rings is 3. The third-order valence-corrected chi connectivity index (χ3v) is 4.07. The average molecular weight is 376 g/mol. The van der Waals surface area contributed by atoms with Crippen molar-refractivity contribution in [2.75, 3.05) is 4.90 Å². The number of phenolic OH excluding ortho intramolecular Hbond substituents is 1. The third-order valence-electron chi connectivity index (χ3n) is 4.07. The van der Waals surface area contributed by atoms with Gasteiger partial charge in [0.05, 0.1) is 28.6 Å². The highest BCUT2D eigenvalue weighted by atomic mass is 16.4. The van der Waals surface area contributed by atoms with Gasteiger partial charge in [0.25, 0.3) is 0 Å². The van der Waals surface area contributed by atoms with Crippen LogP contribution >= 0.6 is 0 Å². The Hall–Kier alpha value is -4.38. The zero-order valence-corrected chi connectivity index (χ0v) is 14.2. The summed E-state index contributed by atoms with van der Waals surface area (Å²) in [5.74, 6) is -4.73. The molecule has 3 aromatic rings. The third kappa shape index (κ3) is 3.20. The Morgan fingerprint density at radius 2 is 1.68 bits per heavy atom. The summed E-state index contributed by atoms with van der Waals surface area (Å²) in [6, 6.07) is 14.3. The van der Waals surface area contributed by atoms with E-state index in [2.05, 4.69) is 0 Å². The van der Waals surface area contributed by atoms with Crippen LogP contribution in [0.3, 0.4) is 0 Å². The Morgan fingerprint density at radius 1 is 0.929 bits per heavy atom. The van der Waals surface area contributed by atoms with E-state index in [1.54, 1.807) is 18.2 Å². The fourth-order valence-corrected chi connectivity index (χ4v) is 2.85. The van der Waals surface area contributed by atoms with E-state index in [9.17, 15) is 29.7 Å². The molecular weight excluding hydrogens is 364 g/mol. The van der Waals surface area contributed by atoms with Crippen LogP contribution in [0.15, 0.2) is 54.6 Å². The fourth-order valence-electron chi connectivity index (χ4n) is 2.85. The molecule has 0 aliphatic carbocycles. The van der Waals surface area contributed by atoms with Crippen LogP contribution in [-0.2, 0) is 9.59 Å². The van der Waals surface area contributed by atoms with Gasteiger partial charge in [-0.2, -0.15) is 5.26 Å². The molecule has 0 aliphatic heterocycles. The fraction of sp³-hybridized carbons (Fsp3) is 0. The Morgan fingerprint density at radius 3 is 2.32 bits per heavy atom. The van der Waals surface area contributed by atoms with Gasteiger partial charge in [-0.05, 0) is 41.8 Å². The summed E-state index contributed by atoms with van der Waals surface area (Å²) < 4.78 is 0. The van der Waals surface area contributed by atoms with E-state index in [-0.39, 0.29) is 28.3 Å². The van der Waals surface area contributed by atoms with Crippen molar-refractivity contribution in [2.45, 2.75) is 0 Å². The highest BCUT2D eigenvalue weighted by molar-refractivity contribution is 6.40. The summed E-state index contributed by atoms with van der Waals surface area (Å²) in [7, 11) is 0. The highest BCUT2D eigenvalue weighted by Crippen LogP contribution is 2.36. The van der Waals surface area contributed by atoms with E-state index in [0.29, 0.717) is 15.7 Å². The molecule has 0 radical (unpaired) electrons. The summed E-state index contributed by atoms with van der Waals surface area (Å²) in [5, 5.41) is 38.7. The minimum Gasteiger partial charge on any atom is -0.508 e. The van der Waals surface area contributed by atoms with Crippen LogP contribution in [0, 0.1) is 11.3 Å². The predicted octanol–water partition coefficient (Wildman–Crippen LogP) is 2.86. The first-order valence-corrected chi connectivity index (χ1v) is 7.90. The van der Waals surface area contributed by atoms with Gasteiger partial charge in [-0.25, -0.2) is 9.59 Å². The van der Waals surface area contributed by atoms with Crippen LogP contribution in [-0.4, -0.2) is 33.2 Å². The standard InChI is InChI=1S/C20H12N2O6/c21-10-11-4-7-14(19(25)26)17(8-11)22(18(24)20(27)28)16-3-1-2-12-5-6-13(23)9-15(12)16/h1-9,23H,(H,25,26)(H,27,28). The molecule has 3 rings (SSSR count). The molecule has 0 fully saturated rings. The number of aliphatic carboxylic acids is 1. The maximum absolute atomic E-state index is 12.5. The summed E-state index contributed by atoms with van der Waals surface area (Å²) in [4.78, 5) is 36.4. The maximum Gasteiger partial charge on any atom is 0.395 e. The molecular formula is C20H12N2O6. The molecule has 28 heavy (non-hydrogen) atoms. The van der Waals surface area contributed by atoms with Crippen LogP contribution in [0.25, 0.3) is 10.8 Å². The van der Waals surface area contributed by atoms with Crippen LogP contribution in [0.4, 0.5) is 11.4 Å². The zero-order valence-electron chi connectivity index (χ0n) is 14.2. The summed E-state index contributed by atoms with van der Waals surface area (Å²) >= 11 is 0. The molecule has 0 atom stereocenters. The minimum absolute atomic E-state index is 0.0475. The largest absolute Gasteiger partial charge is 0.508 e. The SMILES string of the molecule is N#Cc1ccc(C(=O)O)c(N(C(=O)C(=O)O)c2cccc3ccc(O)cc23)c1. The Kier molecular flexibility index (Phi) is 4.66. The Balaban J connectivity index is 2.40. The highest BCUT2D eigenvalue weighted by Gasteiger charge is 2.29. The first-order chi connectivity index (χ1) is 13.3. The Labute approximate surface area is 158 Å². The number of aromatic hydroxyl groups is 1. The lowest BCUT2D eigenvalue weighted by atomic mass is 10.0. The van der Waals surface area contributed by atoms with E-state index in [1.165, 1.54) is 24.3 Å². The number of aromatic carboxylic acids is 1. The van der Waals surface area contributed by atoms with Crippen molar-refractivity contribution in [1.29, 1.82) is 5.26 Å². The van der Waals surface area contributed by atoms with Crippen LogP contribution in [0.5, 0.6) is 5.75 Å². The van der Waals surface area contributed by atoms with Crippen LogP contribution in [0.1, 0.15) is 15.9 Å². The molecule has 1 amide bonds. The second-order valence-electron chi connectivity index (χ2n) is 5.78. The molecule has 0 saturated heterocycles. The number of nitriles is 1. The van der Waals surface area contributed by atoms with Crippen molar-refractivity contribution >= 4 is 40.0 Å². The molecule has 0 bridgehead atoms. The van der Waals surface area contributed by atoms with Crippen molar-refractivity contribution in [2.24, 2.45) is 0 Å². The molecule has 0 aromatic heterocycles. The first-order valence-electron chi connectivity index (χ1n) is 7.90. The summed E-state index contributed by atoms with van der Waals surface area (Å²) in [6.07, 6.45) is 0. The molecule has 3 N–H and O–H groups in total. The summed E-state index contributed by atoms with van der Waals surface area (Å²) in [5.41, 5.74) is -0.523. The number of carbonyl (C=O) groups is 3. The lowest BCUT2D eigenvalue weighted by Crippen LogP contribution is -2.33.